The van der Waals surface area contributed by atoms with Crippen molar-refractivity contribution in [3.8, 4) is 0 Å². The zero-order valence-electron chi connectivity index (χ0n) is 17.4. The van der Waals surface area contributed by atoms with Crippen LogP contribution in [-0.2, 0) is 14.8 Å². The molecule has 0 bridgehead atoms. The van der Waals surface area contributed by atoms with Crippen molar-refractivity contribution in [3.63, 3.8) is 0 Å². The highest BCUT2D eigenvalue weighted by Gasteiger charge is 2.27. The minimum Gasteiger partial charge on any atom is -0.379 e. The van der Waals surface area contributed by atoms with Gasteiger partial charge in [0.05, 0.1) is 18.1 Å². The maximum absolute atomic E-state index is 12.7. The van der Waals surface area contributed by atoms with Crippen LogP contribution in [0.1, 0.15) is 37.0 Å². The van der Waals surface area contributed by atoms with Crippen molar-refractivity contribution in [2.75, 3.05) is 39.4 Å². The highest BCUT2D eigenvalue weighted by Crippen LogP contribution is 2.20. The fourth-order valence-corrected chi connectivity index (χ4v) is 4.74. The van der Waals surface area contributed by atoms with Gasteiger partial charge in [0.2, 0.25) is 10.0 Å². The molecule has 1 aromatic rings. The van der Waals surface area contributed by atoms with Gasteiger partial charge in [-0.25, -0.2) is 13.1 Å². The molecule has 8 heteroatoms. The fourth-order valence-electron chi connectivity index (χ4n) is 3.69. The van der Waals surface area contributed by atoms with Crippen LogP contribution in [0.5, 0.6) is 0 Å². The normalized spacial score (nSPS) is 16.5. The van der Waals surface area contributed by atoms with E-state index in [0.717, 1.165) is 25.9 Å². The van der Waals surface area contributed by atoms with E-state index in [1.54, 1.807) is 12.1 Å². The van der Waals surface area contributed by atoms with Crippen LogP contribution in [-0.4, -0.2) is 64.7 Å². The summed E-state index contributed by atoms with van der Waals surface area (Å²) in [5.41, 5.74) is 0.330. The summed E-state index contributed by atoms with van der Waals surface area (Å²) in [5, 5.41) is 3.01. The lowest BCUT2D eigenvalue weighted by molar-refractivity contribution is 0.00191. The first kappa shape index (κ1) is 23.5. The van der Waals surface area contributed by atoms with E-state index in [0.29, 0.717) is 31.2 Å². The zero-order chi connectivity index (χ0) is 21.3. The Labute approximate surface area is 174 Å². The Balaban J connectivity index is 2.09. The number of carbonyl (C=O) groups is 1. The first-order chi connectivity index (χ1) is 13.9. The SMILES string of the molecule is C=CCNS(=O)(=O)c1cccc(C(=O)NCC(C(CC)CC)N2CCOCC2)c1. The van der Waals surface area contributed by atoms with Crippen LogP contribution in [0.2, 0.25) is 0 Å². The number of carbonyl (C=O) groups excluding carboxylic acids is 1. The molecule has 1 aliphatic rings. The Morgan fingerprint density at radius 2 is 1.97 bits per heavy atom. The Bertz CT molecular complexity index is 772. The van der Waals surface area contributed by atoms with Gasteiger partial charge in [0.25, 0.3) is 5.91 Å². The second kappa shape index (κ2) is 11.4. The smallest absolute Gasteiger partial charge is 0.251 e. The van der Waals surface area contributed by atoms with E-state index in [9.17, 15) is 13.2 Å². The molecule has 29 heavy (non-hydrogen) atoms. The molecule has 0 aromatic heterocycles. The molecule has 1 saturated heterocycles. The second-order valence-electron chi connectivity index (χ2n) is 7.17. The molecule has 0 saturated carbocycles. The van der Waals surface area contributed by atoms with Crippen LogP contribution in [0.15, 0.2) is 41.8 Å². The molecule has 0 aliphatic carbocycles. The number of nitrogens with one attached hydrogen (secondary N) is 2. The zero-order valence-corrected chi connectivity index (χ0v) is 18.2. The van der Waals surface area contributed by atoms with Crippen LogP contribution in [0.3, 0.4) is 0 Å². The van der Waals surface area contributed by atoms with Gasteiger partial charge in [-0.2, -0.15) is 0 Å². The summed E-state index contributed by atoms with van der Waals surface area (Å²) < 4.78 is 32.5. The number of rotatable bonds is 11. The maximum atomic E-state index is 12.7. The van der Waals surface area contributed by atoms with Crippen molar-refractivity contribution < 1.29 is 17.9 Å². The molecular weight excluding hydrogens is 390 g/mol. The van der Waals surface area contributed by atoms with Gasteiger partial charge in [-0.05, 0) is 24.1 Å². The van der Waals surface area contributed by atoms with E-state index in [1.807, 2.05) is 0 Å². The predicted octanol–water partition coefficient (Wildman–Crippen LogP) is 2.02. The molecule has 0 spiro atoms. The molecule has 1 heterocycles. The molecule has 1 fully saturated rings. The van der Waals surface area contributed by atoms with Crippen LogP contribution in [0.25, 0.3) is 0 Å². The Kier molecular flexibility index (Phi) is 9.29. The van der Waals surface area contributed by atoms with Crippen molar-refractivity contribution in [2.45, 2.75) is 37.6 Å². The number of ether oxygens (including phenoxy) is 1. The van der Waals surface area contributed by atoms with E-state index in [4.69, 9.17) is 4.74 Å². The number of amides is 1. The third-order valence-electron chi connectivity index (χ3n) is 5.40. The van der Waals surface area contributed by atoms with Crippen LogP contribution < -0.4 is 10.0 Å². The Morgan fingerprint density at radius 3 is 2.59 bits per heavy atom. The molecule has 2 rings (SSSR count). The Morgan fingerprint density at radius 1 is 1.28 bits per heavy atom. The van der Waals surface area contributed by atoms with Crippen molar-refractivity contribution >= 4 is 15.9 Å². The van der Waals surface area contributed by atoms with Gasteiger partial charge in [-0.15, -0.1) is 6.58 Å². The summed E-state index contributed by atoms with van der Waals surface area (Å²) in [6, 6.07) is 6.32. The van der Waals surface area contributed by atoms with E-state index in [1.165, 1.54) is 18.2 Å². The highest BCUT2D eigenvalue weighted by molar-refractivity contribution is 7.89. The standard InChI is InChI=1S/C21H33N3O4S/c1-4-10-23-29(26,27)19-9-7-8-18(15-19)21(25)22-16-20(17(5-2)6-3)24-11-13-28-14-12-24/h4,7-9,15,17,20,23H,1,5-6,10-14,16H2,2-3H3,(H,22,25). The van der Waals surface area contributed by atoms with Gasteiger partial charge in [-0.3, -0.25) is 9.69 Å². The fraction of sp³-hybridized carbons (Fsp3) is 0.571. The largest absolute Gasteiger partial charge is 0.379 e. The quantitative estimate of drug-likeness (QED) is 0.532. The lowest BCUT2D eigenvalue weighted by atomic mass is 9.92. The molecular formula is C21H33N3O4S. The number of sulfonamides is 1. The third-order valence-corrected chi connectivity index (χ3v) is 6.82. The van der Waals surface area contributed by atoms with E-state index in [2.05, 4.69) is 35.4 Å². The molecule has 1 atom stereocenters. The minimum atomic E-state index is -3.67. The van der Waals surface area contributed by atoms with E-state index >= 15 is 0 Å². The molecule has 1 amide bonds. The number of benzene rings is 1. The first-order valence-corrected chi connectivity index (χ1v) is 11.7. The van der Waals surface area contributed by atoms with Gasteiger partial charge in [-0.1, -0.05) is 38.8 Å². The van der Waals surface area contributed by atoms with Gasteiger partial charge in [0.15, 0.2) is 0 Å². The summed E-state index contributed by atoms with van der Waals surface area (Å²) in [6.45, 7) is 11.7. The summed E-state index contributed by atoms with van der Waals surface area (Å²) in [6.07, 6.45) is 3.55. The number of hydrogen-bond donors (Lipinski definition) is 2. The molecule has 1 aromatic carbocycles. The lowest BCUT2D eigenvalue weighted by Gasteiger charge is -2.38. The molecule has 2 N–H and O–H groups in total. The summed E-state index contributed by atoms with van der Waals surface area (Å²) >= 11 is 0. The second-order valence-corrected chi connectivity index (χ2v) is 8.94. The van der Waals surface area contributed by atoms with Gasteiger partial charge in [0, 0.05) is 37.8 Å². The monoisotopic (exact) mass is 423 g/mol. The maximum Gasteiger partial charge on any atom is 0.251 e. The lowest BCUT2D eigenvalue weighted by Crippen LogP contribution is -2.52. The van der Waals surface area contributed by atoms with Gasteiger partial charge >= 0.3 is 0 Å². The van der Waals surface area contributed by atoms with Crippen molar-refractivity contribution in [2.24, 2.45) is 5.92 Å². The average Bonchev–Trinajstić information content (AvgIpc) is 2.75. The van der Waals surface area contributed by atoms with Crippen molar-refractivity contribution in [1.29, 1.82) is 0 Å². The minimum absolute atomic E-state index is 0.0664. The third kappa shape index (κ3) is 6.64. The van der Waals surface area contributed by atoms with Crippen molar-refractivity contribution in [3.05, 3.63) is 42.5 Å². The van der Waals surface area contributed by atoms with E-state index < -0.39 is 10.0 Å². The van der Waals surface area contributed by atoms with Crippen LogP contribution in [0.4, 0.5) is 0 Å². The molecule has 7 nitrogen and oxygen atoms in total. The van der Waals surface area contributed by atoms with Crippen LogP contribution in [0, 0.1) is 5.92 Å². The number of nitrogens with zero attached hydrogens (tertiary/aromatic N) is 1. The topological polar surface area (TPSA) is 87.7 Å². The first-order valence-electron chi connectivity index (χ1n) is 10.2. The average molecular weight is 424 g/mol. The number of morpholine rings is 1. The number of hydrogen-bond acceptors (Lipinski definition) is 5. The molecule has 162 valence electrons. The molecule has 1 aliphatic heterocycles. The van der Waals surface area contributed by atoms with Gasteiger partial charge < -0.3 is 10.1 Å². The summed E-state index contributed by atoms with van der Waals surface area (Å²) in [7, 11) is -3.67. The summed E-state index contributed by atoms with van der Waals surface area (Å²) in [4.78, 5) is 15.2. The van der Waals surface area contributed by atoms with Crippen LogP contribution >= 0.6 is 0 Å². The molecule has 1 unspecified atom stereocenters. The Hall–Kier alpha value is -1.74. The highest BCUT2D eigenvalue weighted by atomic mass is 32.2. The predicted molar refractivity (Wildman–Crippen MR) is 114 cm³/mol. The summed E-state index contributed by atoms with van der Waals surface area (Å²) in [5.74, 6) is 0.207. The van der Waals surface area contributed by atoms with Gasteiger partial charge in [0.1, 0.15) is 0 Å². The van der Waals surface area contributed by atoms with E-state index in [-0.39, 0.29) is 23.4 Å². The van der Waals surface area contributed by atoms with Crippen molar-refractivity contribution in [1.82, 2.24) is 14.9 Å². The molecule has 0 radical (unpaired) electrons.